The Balaban J connectivity index is 2.71. The highest BCUT2D eigenvalue weighted by molar-refractivity contribution is 8.00. The summed E-state index contributed by atoms with van der Waals surface area (Å²) in [6.07, 6.45) is 0. The lowest BCUT2D eigenvalue weighted by Crippen LogP contribution is -2.30. The Bertz CT molecular complexity index is 349. The van der Waals surface area contributed by atoms with Crippen molar-refractivity contribution in [2.75, 3.05) is 7.05 Å². The Labute approximate surface area is 100 Å². The van der Waals surface area contributed by atoms with Gasteiger partial charge >= 0.3 is 5.97 Å². The van der Waals surface area contributed by atoms with E-state index in [-0.39, 0.29) is 0 Å². The first-order valence-corrected chi connectivity index (χ1v) is 6.09. The minimum atomic E-state index is -0.847. The van der Waals surface area contributed by atoms with Gasteiger partial charge in [-0.15, -0.1) is 0 Å². The van der Waals surface area contributed by atoms with Gasteiger partial charge < -0.3 is 5.11 Å². The molecule has 2 N–H and O–H groups in total. The van der Waals surface area contributed by atoms with E-state index in [0.29, 0.717) is 5.92 Å². The van der Waals surface area contributed by atoms with Crippen LogP contribution >= 0.6 is 11.8 Å². The highest BCUT2D eigenvalue weighted by atomic mass is 32.2. The van der Waals surface area contributed by atoms with E-state index in [1.165, 1.54) is 17.3 Å². The summed E-state index contributed by atoms with van der Waals surface area (Å²) in [5, 5.41) is 11.1. The Kier molecular flexibility index (Phi) is 4.83. The van der Waals surface area contributed by atoms with E-state index in [1.54, 1.807) is 7.05 Å². The molecule has 1 unspecified atom stereocenters. The maximum Gasteiger partial charge on any atom is 0.331 e. The van der Waals surface area contributed by atoms with Crippen LogP contribution in [-0.4, -0.2) is 23.5 Å². The molecular weight excluding hydrogens is 222 g/mol. The van der Waals surface area contributed by atoms with E-state index >= 15 is 0 Å². The van der Waals surface area contributed by atoms with Crippen LogP contribution in [0.25, 0.3) is 0 Å². The molecule has 0 saturated carbocycles. The van der Waals surface area contributed by atoms with Crippen LogP contribution in [-0.2, 0) is 4.79 Å². The van der Waals surface area contributed by atoms with Crippen LogP contribution in [0.2, 0.25) is 0 Å². The van der Waals surface area contributed by atoms with Crippen LogP contribution in [0.3, 0.4) is 0 Å². The number of aliphatic carboxylic acids is 1. The summed E-state index contributed by atoms with van der Waals surface area (Å²) in [5.74, 6) is -0.348. The van der Waals surface area contributed by atoms with Crippen LogP contribution < -0.4 is 5.32 Å². The molecule has 0 aliphatic heterocycles. The smallest absolute Gasteiger partial charge is 0.331 e. The van der Waals surface area contributed by atoms with Crippen molar-refractivity contribution in [3.63, 3.8) is 0 Å². The second kappa shape index (κ2) is 5.92. The third kappa shape index (κ3) is 3.54. The molecule has 0 radical (unpaired) electrons. The predicted octanol–water partition coefficient (Wildman–Crippen LogP) is 2.53. The monoisotopic (exact) mass is 239 g/mol. The van der Waals surface area contributed by atoms with Crippen LogP contribution in [0, 0.1) is 0 Å². The Morgan fingerprint density at radius 1 is 1.31 bits per heavy atom. The summed E-state index contributed by atoms with van der Waals surface area (Å²) < 4.78 is 0. The molecule has 0 aromatic heterocycles. The number of carbonyl (C=O) groups is 1. The molecule has 0 heterocycles. The molecule has 1 atom stereocenters. The third-order valence-electron chi connectivity index (χ3n) is 2.29. The lowest BCUT2D eigenvalue weighted by molar-refractivity contribution is -0.136. The number of hydrogen-bond acceptors (Lipinski definition) is 3. The molecule has 0 saturated heterocycles. The van der Waals surface area contributed by atoms with Gasteiger partial charge in [0.15, 0.2) is 5.37 Å². The second-order valence-electron chi connectivity index (χ2n) is 3.85. The van der Waals surface area contributed by atoms with Gasteiger partial charge in [0, 0.05) is 4.90 Å². The van der Waals surface area contributed by atoms with Gasteiger partial charge in [-0.3, -0.25) is 5.32 Å². The number of carboxylic acid groups (broad SMARTS) is 1. The molecule has 0 bridgehead atoms. The van der Waals surface area contributed by atoms with Crippen molar-refractivity contribution >= 4 is 17.7 Å². The SMILES string of the molecule is CNC(Sc1ccc(C(C)C)cc1)C(=O)O. The molecule has 16 heavy (non-hydrogen) atoms. The van der Waals surface area contributed by atoms with Gasteiger partial charge in [-0.1, -0.05) is 37.7 Å². The van der Waals surface area contributed by atoms with E-state index in [1.807, 2.05) is 24.3 Å². The topological polar surface area (TPSA) is 49.3 Å². The van der Waals surface area contributed by atoms with Gasteiger partial charge in [0.2, 0.25) is 0 Å². The van der Waals surface area contributed by atoms with Crippen LogP contribution in [0.4, 0.5) is 0 Å². The average Bonchev–Trinajstić information content (AvgIpc) is 2.26. The standard InChI is InChI=1S/C12H17NO2S/c1-8(2)9-4-6-10(7-5-9)16-11(13-3)12(14)15/h4-8,11,13H,1-3H3,(H,14,15). The van der Waals surface area contributed by atoms with Crippen molar-refractivity contribution in [1.29, 1.82) is 0 Å². The van der Waals surface area contributed by atoms with Crippen LogP contribution in [0.5, 0.6) is 0 Å². The van der Waals surface area contributed by atoms with E-state index < -0.39 is 11.3 Å². The Morgan fingerprint density at radius 2 is 1.88 bits per heavy atom. The third-order valence-corrected chi connectivity index (χ3v) is 3.50. The minimum absolute atomic E-state index is 0.499. The normalized spacial score (nSPS) is 12.8. The number of rotatable bonds is 5. The summed E-state index contributed by atoms with van der Waals surface area (Å²) in [5.41, 5.74) is 1.26. The number of thioether (sulfide) groups is 1. The number of nitrogens with one attached hydrogen (secondary N) is 1. The number of benzene rings is 1. The summed E-state index contributed by atoms with van der Waals surface area (Å²) in [4.78, 5) is 11.8. The molecular formula is C12H17NO2S. The highest BCUT2D eigenvalue weighted by Crippen LogP contribution is 2.24. The second-order valence-corrected chi connectivity index (χ2v) is 5.03. The Hall–Kier alpha value is -1.00. The first-order chi connectivity index (χ1) is 7.54. The maximum absolute atomic E-state index is 10.8. The van der Waals surface area contributed by atoms with Gasteiger partial charge in [0.05, 0.1) is 0 Å². The molecule has 1 aromatic rings. The molecule has 88 valence electrons. The Morgan fingerprint density at radius 3 is 2.25 bits per heavy atom. The lowest BCUT2D eigenvalue weighted by atomic mass is 10.0. The fraction of sp³-hybridized carbons (Fsp3) is 0.417. The minimum Gasteiger partial charge on any atom is -0.479 e. The zero-order chi connectivity index (χ0) is 12.1. The van der Waals surface area contributed by atoms with E-state index in [9.17, 15) is 4.79 Å². The van der Waals surface area contributed by atoms with Crippen molar-refractivity contribution in [3.8, 4) is 0 Å². The molecule has 3 nitrogen and oxygen atoms in total. The van der Waals surface area contributed by atoms with Gasteiger partial charge in [-0.25, -0.2) is 4.79 Å². The van der Waals surface area contributed by atoms with Gasteiger partial charge in [0.25, 0.3) is 0 Å². The fourth-order valence-corrected chi connectivity index (χ4v) is 2.08. The molecule has 1 rings (SSSR count). The van der Waals surface area contributed by atoms with Crippen molar-refractivity contribution in [2.45, 2.75) is 30.0 Å². The van der Waals surface area contributed by atoms with E-state index in [4.69, 9.17) is 5.11 Å². The zero-order valence-electron chi connectivity index (χ0n) is 9.73. The van der Waals surface area contributed by atoms with Crippen molar-refractivity contribution in [2.24, 2.45) is 0 Å². The molecule has 0 aliphatic rings. The summed E-state index contributed by atoms with van der Waals surface area (Å²) in [6.45, 7) is 4.27. The lowest BCUT2D eigenvalue weighted by Gasteiger charge is -2.11. The van der Waals surface area contributed by atoms with Gasteiger partial charge in [0.1, 0.15) is 0 Å². The van der Waals surface area contributed by atoms with Crippen molar-refractivity contribution in [1.82, 2.24) is 5.32 Å². The molecule has 0 fully saturated rings. The fourth-order valence-electron chi connectivity index (χ4n) is 1.30. The van der Waals surface area contributed by atoms with Gasteiger partial charge in [-0.05, 0) is 30.7 Å². The number of hydrogen-bond donors (Lipinski definition) is 2. The van der Waals surface area contributed by atoms with E-state index in [2.05, 4.69) is 19.2 Å². The summed E-state index contributed by atoms with van der Waals surface area (Å²) >= 11 is 1.31. The summed E-state index contributed by atoms with van der Waals surface area (Å²) in [7, 11) is 1.65. The number of carboxylic acids is 1. The molecule has 0 spiro atoms. The van der Waals surface area contributed by atoms with Crippen LogP contribution in [0.1, 0.15) is 25.3 Å². The predicted molar refractivity (Wildman–Crippen MR) is 66.9 cm³/mol. The quantitative estimate of drug-likeness (QED) is 0.612. The maximum atomic E-state index is 10.8. The van der Waals surface area contributed by atoms with Gasteiger partial charge in [-0.2, -0.15) is 0 Å². The summed E-state index contributed by atoms with van der Waals surface area (Å²) in [6, 6.07) is 8.02. The van der Waals surface area contributed by atoms with E-state index in [0.717, 1.165) is 4.90 Å². The van der Waals surface area contributed by atoms with Crippen LogP contribution in [0.15, 0.2) is 29.2 Å². The average molecular weight is 239 g/mol. The van der Waals surface area contributed by atoms with Crippen molar-refractivity contribution < 1.29 is 9.90 Å². The number of likely N-dealkylation sites (N-methyl/N-ethyl adjacent to an activating group) is 1. The highest BCUT2D eigenvalue weighted by Gasteiger charge is 2.15. The largest absolute Gasteiger partial charge is 0.479 e. The first kappa shape index (κ1) is 13.1. The molecule has 0 amide bonds. The van der Waals surface area contributed by atoms with Crippen molar-refractivity contribution in [3.05, 3.63) is 29.8 Å². The zero-order valence-corrected chi connectivity index (χ0v) is 10.5. The molecule has 4 heteroatoms. The first-order valence-electron chi connectivity index (χ1n) is 5.21. The molecule has 0 aliphatic carbocycles. The molecule has 1 aromatic carbocycles.